The third-order valence-corrected chi connectivity index (χ3v) is 2.65. The van der Waals surface area contributed by atoms with Crippen LogP contribution in [0.3, 0.4) is 0 Å². The monoisotopic (exact) mass is 268 g/mol. The number of nitrogens with one attached hydrogen (secondary N) is 1. The highest BCUT2D eigenvalue weighted by Crippen LogP contribution is 2.16. The predicted molar refractivity (Wildman–Crippen MR) is 71.6 cm³/mol. The molecule has 0 spiro atoms. The highest BCUT2D eigenvalue weighted by atomic mass is 16.5. The summed E-state index contributed by atoms with van der Waals surface area (Å²) in [6.45, 7) is 2.73. The van der Waals surface area contributed by atoms with Gasteiger partial charge >= 0.3 is 0 Å². The number of nitrogen functional groups attached to an aromatic ring is 1. The van der Waals surface area contributed by atoms with E-state index in [9.17, 15) is 4.79 Å². The van der Waals surface area contributed by atoms with Crippen LogP contribution in [0.5, 0.6) is 0 Å². The summed E-state index contributed by atoms with van der Waals surface area (Å²) < 4.78 is 4.95. The van der Waals surface area contributed by atoms with Gasteiger partial charge in [0, 0.05) is 32.1 Å². The topological polar surface area (TPSA) is 101 Å². The Morgan fingerprint density at radius 2 is 2.32 bits per heavy atom. The minimum atomic E-state index is -0.244. The van der Waals surface area contributed by atoms with Gasteiger partial charge in [-0.2, -0.15) is 0 Å². The molecule has 0 radical (unpaired) electrons. The number of hydrazine groups is 1. The molecule has 0 atom stereocenters. The maximum atomic E-state index is 12.4. The fourth-order valence-corrected chi connectivity index (χ4v) is 1.66. The van der Waals surface area contributed by atoms with Crippen molar-refractivity contribution in [3.8, 4) is 0 Å². The van der Waals surface area contributed by atoms with Gasteiger partial charge in [-0.3, -0.25) is 15.6 Å². The van der Waals surface area contributed by atoms with Crippen LogP contribution in [0.1, 0.15) is 16.1 Å². The first-order chi connectivity index (χ1) is 9.13. The van der Waals surface area contributed by atoms with E-state index in [-0.39, 0.29) is 19.1 Å². The van der Waals surface area contributed by atoms with Crippen molar-refractivity contribution >= 4 is 11.6 Å². The van der Waals surface area contributed by atoms with Crippen LogP contribution < -0.4 is 11.3 Å². The molecule has 19 heavy (non-hydrogen) atoms. The Labute approximate surface area is 112 Å². The second kappa shape index (κ2) is 7.67. The number of anilines is 1. The van der Waals surface area contributed by atoms with Crippen molar-refractivity contribution in [2.75, 3.05) is 38.8 Å². The Morgan fingerprint density at radius 1 is 1.58 bits per heavy atom. The number of aryl methyl sites for hydroxylation is 1. The van der Waals surface area contributed by atoms with Crippen LogP contribution in [0.2, 0.25) is 0 Å². The van der Waals surface area contributed by atoms with Gasteiger partial charge in [0.1, 0.15) is 0 Å². The fourth-order valence-electron chi connectivity index (χ4n) is 1.66. The molecule has 0 aromatic carbocycles. The number of aromatic nitrogens is 1. The van der Waals surface area contributed by atoms with Crippen molar-refractivity contribution in [1.29, 1.82) is 0 Å². The zero-order valence-corrected chi connectivity index (χ0v) is 11.2. The van der Waals surface area contributed by atoms with Crippen LogP contribution in [0.15, 0.2) is 12.3 Å². The van der Waals surface area contributed by atoms with Crippen molar-refractivity contribution < 1.29 is 14.6 Å². The summed E-state index contributed by atoms with van der Waals surface area (Å²) in [7, 11) is 1.56. The lowest BCUT2D eigenvalue weighted by Crippen LogP contribution is -2.36. The summed E-state index contributed by atoms with van der Waals surface area (Å²) >= 11 is 0. The van der Waals surface area contributed by atoms with Gasteiger partial charge in [-0.25, -0.2) is 0 Å². The molecule has 1 rings (SSSR count). The first-order valence-electron chi connectivity index (χ1n) is 5.96. The van der Waals surface area contributed by atoms with E-state index in [0.29, 0.717) is 24.4 Å². The molecule has 1 amide bonds. The van der Waals surface area contributed by atoms with Gasteiger partial charge < -0.3 is 20.2 Å². The molecule has 1 heterocycles. The standard InChI is InChI=1S/C12H20N4O3/c1-9-7-11(15-13)10(8-14-9)12(18)16(3-5-17)4-6-19-2/h7-8,17H,3-6,13H2,1-2H3,(H,14,15). The second-order valence-electron chi connectivity index (χ2n) is 4.02. The molecular formula is C12H20N4O3. The number of aliphatic hydroxyl groups excluding tert-OH is 1. The molecule has 1 aromatic rings. The van der Waals surface area contributed by atoms with E-state index < -0.39 is 0 Å². The Morgan fingerprint density at radius 3 is 2.89 bits per heavy atom. The van der Waals surface area contributed by atoms with E-state index in [2.05, 4.69) is 10.4 Å². The molecule has 0 aliphatic carbocycles. The largest absolute Gasteiger partial charge is 0.395 e. The van der Waals surface area contributed by atoms with Crippen LogP contribution in [0.25, 0.3) is 0 Å². The smallest absolute Gasteiger partial charge is 0.257 e. The van der Waals surface area contributed by atoms with E-state index in [1.54, 1.807) is 13.2 Å². The molecule has 0 bridgehead atoms. The van der Waals surface area contributed by atoms with Crippen LogP contribution in [-0.2, 0) is 4.74 Å². The molecule has 106 valence electrons. The number of aliphatic hydroxyl groups is 1. The normalized spacial score (nSPS) is 10.3. The third-order valence-electron chi connectivity index (χ3n) is 2.65. The number of hydrogen-bond donors (Lipinski definition) is 3. The molecule has 0 saturated heterocycles. The zero-order chi connectivity index (χ0) is 14.3. The van der Waals surface area contributed by atoms with Crippen molar-refractivity contribution in [2.45, 2.75) is 6.92 Å². The third kappa shape index (κ3) is 4.16. The molecule has 4 N–H and O–H groups in total. The molecule has 7 heteroatoms. The summed E-state index contributed by atoms with van der Waals surface area (Å²) in [6.07, 6.45) is 1.48. The first-order valence-corrected chi connectivity index (χ1v) is 5.96. The lowest BCUT2D eigenvalue weighted by molar-refractivity contribution is 0.0657. The van der Waals surface area contributed by atoms with Crippen molar-refractivity contribution in [1.82, 2.24) is 9.88 Å². The van der Waals surface area contributed by atoms with Crippen molar-refractivity contribution in [2.24, 2.45) is 5.84 Å². The van der Waals surface area contributed by atoms with Crippen molar-refractivity contribution in [3.63, 3.8) is 0 Å². The number of methoxy groups -OCH3 is 1. The van der Waals surface area contributed by atoms with Gasteiger partial charge in [-0.15, -0.1) is 0 Å². The molecule has 0 aliphatic heterocycles. The SMILES string of the molecule is COCCN(CCO)C(=O)c1cnc(C)cc1NN. The fraction of sp³-hybridized carbons (Fsp3) is 0.500. The summed E-state index contributed by atoms with van der Waals surface area (Å²) in [5, 5.41) is 9.01. The van der Waals surface area contributed by atoms with Crippen LogP contribution in [0, 0.1) is 6.92 Å². The summed E-state index contributed by atoms with van der Waals surface area (Å²) in [5.41, 5.74) is 4.13. The Hall–Kier alpha value is -1.70. The number of nitrogens with two attached hydrogens (primary N) is 1. The minimum absolute atomic E-state index is 0.111. The highest BCUT2D eigenvalue weighted by Gasteiger charge is 2.18. The quantitative estimate of drug-likeness (QED) is 0.466. The van der Waals surface area contributed by atoms with E-state index in [1.807, 2.05) is 6.92 Å². The van der Waals surface area contributed by atoms with E-state index in [0.717, 1.165) is 5.69 Å². The molecule has 1 aromatic heterocycles. The summed E-state index contributed by atoms with van der Waals surface area (Å²) in [4.78, 5) is 17.9. The number of carbonyl (C=O) groups excluding carboxylic acids is 1. The number of pyridine rings is 1. The highest BCUT2D eigenvalue weighted by molar-refractivity contribution is 5.99. The van der Waals surface area contributed by atoms with Gasteiger partial charge in [0.2, 0.25) is 0 Å². The van der Waals surface area contributed by atoms with Gasteiger partial charge in [-0.1, -0.05) is 0 Å². The van der Waals surface area contributed by atoms with Crippen LogP contribution in [-0.4, -0.2) is 54.3 Å². The summed E-state index contributed by atoms with van der Waals surface area (Å²) in [6, 6.07) is 1.70. The zero-order valence-electron chi connectivity index (χ0n) is 11.2. The van der Waals surface area contributed by atoms with Crippen molar-refractivity contribution in [3.05, 3.63) is 23.5 Å². The molecule has 7 nitrogen and oxygen atoms in total. The predicted octanol–water partition coefficient (Wildman–Crippen LogP) is -0.243. The maximum Gasteiger partial charge on any atom is 0.257 e. The average molecular weight is 268 g/mol. The van der Waals surface area contributed by atoms with Gasteiger partial charge in [0.15, 0.2) is 0 Å². The minimum Gasteiger partial charge on any atom is -0.395 e. The lowest BCUT2D eigenvalue weighted by atomic mass is 10.2. The Bertz CT molecular complexity index is 425. The molecule has 0 unspecified atom stereocenters. The number of hydrogen-bond acceptors (Lipinski definition) is 6. The van der Waals surface area contributed by atoms with Gasteiger partial charge in [0.05, 0.1) is 24.5 Å². The van der Waals surface area contributed by atoms with Crippen LogP contribution >= 0.6 is 0 Å². The second-order valence-corrected chi connectivity index (χ2v) is 4.02. The molecule has 0 saturated carbocycles. The molecule has 0 fully saturated rings. The van der Waals surface area contributed by atoms with Gasteiger partial charge in [-0.05, 0) is 13.0 Å². The van der Waals surface area contributed by atoms with E-state index in [1.165, 1.54) is 11.1 Å². The summed E-state index contributed by atoms with van der Waals surface area (Å²) in [5.74, 6) is 5.17. The molecule has 0 aliphatic rings. The average Bonchev–Trinajstić information content (AvgIpc) is 2.42. The first kappa shape index (κ1) is 15.4. The molecular weight excluding hydrogens is 248 g/mol. The van der Waals surface area contributed by atoms with E-state index >= 15 is 0 Å². The number of ether oxygens (including phenoxy) is 1. The van der Waals surface area contributed by atoms with Crippen LogP contribution in [0.4, 0.5) is 5.69 Å². The Kier molecular flexibility index (Phi) is 6.20. The number of amides is 1. The van der Waals surface area contributed by atoms with E-state index in [4.69, 9.17) is 15.7 Å². The maximum absolute atomic E-state index is 12.4. The number of rotatable bonds is 7. The van der Waals surface area contributed by atoms with Gasteiger partial charge in [0.25, 0.3) is 5.91 Å². The number of nitrogens with zero attached hydrogens (tertiary/aromatic N) is 2. The lowest BCUT2D eigenvalue weighted by Gasteiger charge is -2.22. The Balaban J connectivity index is 2.94. The number of carbonyl (C=O) groups is 1.